The van der Waals surface area contributed by atoms with Crippen LogP contribution in [-0.2, 0) is 4.79 Å². The average Bonchev–Trinajstić information content (AvgIpc) is 2.53. The fourth-order valence-corrected chi connectivity index (χ4v) is 3.19. The predicted molar refractivity (Wildman–Crippen MR) is 92.3 cm³/mol. The minimum Gasteiger partial charge on any atom is -0.325 e. The van der Waals surface area contributed by atoms with Crippen molar-refractivity contribution in [2.24, 2.45) is 0 Å². The van der Waals surface area contributed by atoms with Crippen LogP contribution in [0.2, 0.25) is 0 Å². The largest absolute Gasteiger partial charge is 0.325 e. The van der Waals surface area contributed by atoms with Crippen LogP contribution in [0.4, 0.5) is 5.69 Å². The van der Waals surface area contributed by atoms with Crippen molar-refractivity contribution in [2.45, 2.75) is 11.8 Å². The van der Waals surface area contributed by atoms with Crippen LogP contribution >= 0.6 is 11.8 Å². The zero-order valence-electron chi connectivity index (χ0n) is 12.2. The van der Waals surface area contributed by atoms with Gasteiger partial charge in [-0.25, -0.2) is 0 Å². The maximum Gasteiger partial charge on any atom is 0.234 e. The summed E-state index contributed by atoms with van der Waals surface area (Å²) < 4.78 is 0. The number of amides is 1. The third-order valence-corrected chi connectivity index (χ3v) is 4.28. The Morgan fingerprint density at radius 2 is 1.82 bits per heavy atom. The Labute approximate surface area is 133 Å². The molecule has 0 saturated carbocycles. The Morgan fingerprint density at radius 3 is 2.64 bits per heavy atom. The normalized spacial score (nSPS) is 10.6. The van der Waals surface area contributed by atoms with E-state index in [0.29, 0.717) is 5.75 Å². The van der Waals surface area contributed by atoms with E-state index in [1.54, 1.807) is 0 Å². The molecule has 3 rings (SSSR count). The summed E-state index contributed by atoms with van der Waals surface area (Å²) in [5.74, 6) is 0.372. The molecule has 0 spiro atoms. The molecule has 0 saturated heterocycles. The number of hydrogen-bond donors (Lipinski definition) is 1. The fraction of sp³-hybridized carbons (Fsp3) is 0.111. The summed E-state index contributed by atoms with van der Waals surface area (Å²) >= 11 is 1.54. The van der Waals surface area contributed by atoms with E-state index in [-0.39, 0.29) is 5.91 Å². The first kappa shape index (κ1) is 14.6. The van der Waals surface area contributed by atoms with Crippen molar-refractivity contribution < 1.29 is 4.79 Å². The van der Waals surface area contributed by atoms with Gasteiger partial charge < -0.3 is 5.32 Å². The molecular formula is C18H16N2OS. The van der Waals surface area contributed by atoms with Crippen LogP contribution in [0.5, 0.6) is 0 Å². The Bertz CT molecular complexity index is 803. The molecule has 0 fully saturated rings. The zero-order valence-corrected chi connectivity index (χ0v) is 13.1. The van der Waals surface area contributed by atoms with Crippen LogP contribution in [0.25, 0.3) is 10.9 Å². The van der Waals surface area contributed by atoms with E-state index in [1.165, 1.54) is 11.8 Å². The number of para-hydroxylation sites is 2. The Hall–Kier alpha value is -2.33. The Balaban J connectivity index is 1.72. The van der Waals surface area contributed by atoms with E-state index < -0.39 is 0 Å². The van der Waals surface area contributed by atoms with Crippen molar-refractivity contribution >= 4 is 34.3 Å². The number of benzene rings is 2. The second-order valence-corrected chi connectivity index (χ2v) is 6.00. The van der Waals surface area contributed by atoms with Crippen molar-refractivity contribution in [3.63, 3.8) is 0 Å². The van der Waals surface area contributed by atoms with E-state index in [1.807, 2.05) is 67.6 Å². The Morgan fingerprint density at radius 1 is 1.09 bits per heavy atom. The summed E-state index contributed by atoms with van der Waals surface area (Å²) in [6, 6.07) is 19.5. The lowest BCUT2D eigenvalue weighted by Crippen LogP contribution is -2.13. The maximum absolute atomic E-state index is 12.1. The standard InChI is InChI=1S/C18H16N2OS/c1-13-11-17(15-9-5-6-10-16(15)19-13)22-12-18(21)20-14-7-3-2-4-8-14/h2-11H,12H2,1H3,(H,20,21). The van der Waals surface area contributed by atoms with Gasteiger partial charge in [0.2, 0.25) is 5.91 Å². The van der Waals surface area contributed by atoms with Gasteiger partial charge in [0.15, 0.2) is 0 Å². The molecule has 3 aromatic rings. The molecule has 0 aliphatic rings. The average molecular weight is 308 g/mol. The molecule has 1 aromatic heterocycles. The molecule has 0 aliphatic carbocycles. The van der Waals surface area contributed by atoms with Gasteiger partial charge in [0.05, 0.1) is 11.3 Å². The molecule has 0 bridgehead atoms. The lowest BCUT2D eigenvalue weighted by molar-refractivity contribution is -0.113. The summed E-state index contributed by atoms with van der Waals surface area (Å²) in [7, 11) is 0. The lowest BCUT2D eigenvalue weighted by atomic mass is 10.2. The minimum atomic E-state index is -0.00486. The number of aryl methyl sites for hydroxylation is 1. The predicted octanol–water partition coefficient (Wildman–Crippen LogP) is 4.27. The van der Waals surface area contributed by atoms with E-state index in [4.69, 9.17) is 0 Å². The highest BCUT2D eigenvalue weighted by molar-refractivity contribution is 8.00. The first-order valence-electron chi connectivity index (χ1n) is 7.06. The summed E-state index contributed by atoms with van der Waals surface area (Å²) in [6.07, 6.45) is 0. The third-order valence-electron chi connectivity index (χ3n) is 3.22. The van der Waals surface area contributed by atoms with E-state index in [0.717, 1.165) is 27.2 Å². The summed E-state index contributed by atoms with van der Waals surface area (Å²) in [6.45, 7) is 1.97. The van der Waals surface area contributed by atoms with Gasteiger partial charge in [-0.1, -0.05) is 36.4 Å². The summed E-state index contributed by atoms with van der Waals surface area (Å²) in [5.41, 5.74) is 2.75. The quantitative estimate of drug-likeness (QED) is 0.732. The van der Waals surface area contributed by atoms with E-state index >= 15 is 0 Å². The number of pyridine rings is 1. The molecule has 0 unspecified atom stereocenters. The molecule has 22 heavy (non-hydrogen) atoms. The topological polar surface area (TPSA) is 42.0 Å². The number of nitrogens with zero attached hydrogens (tertiary/aromatic N) is 1. The molecule has 1 heterocycles. The number of anilines is 1. The van der Waals surface area contributed by atoms with Gasteiger partial charge >= 0.3 is 0 Å². The molecule has 110 valence electrons. The third kappa shape index (κ3) is 3.46. The van der Waals surface area contributed by atoms with Gasteiger partial charge in [0.1, 0.15) is 0 Å². The minimum absolute atomic E-state index is 0.00486. The number of hydrogen-bond acceptors (Lipinski definition) is 3. The van der Waals surface area contributed by atoms with Gasteiger partial charge in [0, 0.05) is 21.7 Å². The van der Waals surface area contributed by atoms with Crippen LogP contribution < -0.4 is 5.32 Å². The van der Waals surface area contributed by atoms with E-state index in [2.05, 4.69) is 10.3 Å². The number of carbonyl (C=O) groups is 1. The smallest absolute Gasteiger partial charge is 0.234 e. The highest BCUT2D eigenvalue weighted by Gasteiger charge is 2.08. The number of carbonyl (C=O) groups excluding carboxylic acids is 1. The number of rotatable bonds is 4. The summed E-state index contributed by atoms with van der Waals surface area (Å²) in [4.78, 5) is 17.7. The number of aromatic nitrogens is 1. The fourth-order valence-electron chi connectivity index (χ4n) is 2.25. The van der Waals surface area contributed by atoms with Gasteiger partial charge in [-0.2, -0.15) is 0 Å². The van der Waals surface area contributed by atoms with Gasteiger partial charge in [-0.05, 0) is 31.2 Å². The van der Waals surface area contributed by atoms with Crippen molar-refractivity contribution in [2.75, 3.05) is 11.1 Å². The number of fused-ring (bicyclic) bond motifs is 1. The molecule has 4 heteroatoms. The molecule has 2 aromatic carbocycles. The monoisotopic (exact) mass is 308 g/mol. The first-order chi connectivity index (χ1) is 10.7. The second-order valence-electron chi connectivity index (χ2n) is 4.98. The van der Waals surface area contributed by atoms with Crippen LogP contribution in [-0.4, -0.2) is 16.6 Å². The maximum atomic E-state index is 12.1. The van der Waals surface area contributed by atoms with E-state index in [9.17, 15) is 4.79 Å². The zero-order chi connectivity index (χ0) is 15.4. The highest BCUT2D eigenvalue weighted by Crippen LogP contribution is 2.27. The van der Waals surface area contributed by atoms with Crippen molar-refractivity contribution in [1.82, 2.24) is 4.98 Å². The lowest BCUT2D eigenvalue weighted by Gasteiger charge is -2.08. The van der Waals surface area contributed by atoms with Gasteiger partial charge in [-0.15, -0.1) is 11.8 Å². The van der Waals surface area contributed by atoms with Crippen LogP contribution in [0.3, 0.4) is 0 Å². The SMILES string of the molecule is Cc1cc(SCC(=O)Nc2ccccc2)c2ccccc2n1. The Kier molecular flexibility index (Phi) is 4.39. The summed E-state index contributed by atoms with van der Waals surface area (Å²) in [5, 5.41) is 3.99. The molecule has 3 nitrogen and oxygen atoms in total. The number of nitrogens with one attached hydrogen (secondary N) is 1. The van der Waals surface area contributed by atoms with Crippen molar-refractivity contribution in [3.8, 4) is 0 Å². The molecule has 0 atom stereocenters. The molecule has 0 radical (unpaired) electrons. The molecular weight excluding hydrogens is 292 g/mol. The van der Waals surface area contributed by atoms with Crippen LogP contribution in [0, 0.1) is 6.92 Å². The van der Waals surface area contributed by atoms with Crippen molar-refractivity contribution in [3.05, 3.63) is 66.4 Å². The number of thioether (sulfide) groups is 1. The highest BCUT2D eigenvalue weighted by atomic mass is 32.2. The van der Waals surface area contributed by atoms with Crippen LogP contribution in [0.1, 0.15) is 5.69 Å². The molecule has 1 N–H and O–H groups in total. The van der Waals surface area contributed by atoms with Crippen molar-refractivity contribution in [1.29, 1.82) is 0 Å². The molecule has 1 amide bonds. The van der Waals surface area contributed by atoms with Gasteiger partial charge in [-0.3, -0.25) is 9.78 Å². The molecule has 0 aliphatic heterocycles. The van der Waals surface area contributed by atoms with Crippen LogP contribution in [0.15, 0.2) is 65.6 Å². The van der Waals surface area contributed by atoms with Gasteiger partial charge in [0.25, 0.3) is 0 Å². The first-order valence-corrected chi connectivity index (χ1v) is 8.05. The second kappa shape index (κ2) is 6.62.